The number of hydrogen-bond acceptors (Lipinski definition) is 0. The first-order chi connectivity index (χ1) is 30.5. The summed E-state index contributed by atoms with van der Waals surface area (Å²) in [5.41, 5.74) is 25.0. The quantitative estimate of drug-likeness (QED) is 0.156. The third-order valence-electron chi connectivity index (χ3n) is 16.3. The molecule has 0 nitrogen and oxygen atoms in total. The molecule has 0 aliphatic heterocycles. The van der Waals surface area contributed by atoms with Crippen molar-refractivity contribution in [1.29, 1.82) is 0 Å². The van der Waals surface area contributed by atoms with Gasteiger partial charge in [0.15, 0.2) is 0 Å². The van der Waals surface area contributed by atoms with E-state index in [1.807, 2.05) is 0 Å². The number of benzene rings is 9. The Kier molecular flexibility index (Phi) is 7.53. The highest BCUT2D eigenvalue weighted by atomic mass is 14.4. The molecular formula is C63H52. The van der Waals surface area contributed by atoms with Crippen LogP contribution in [0, 0.1) is 0 Å². The van der Waals surface area contributed by atoms with E-state index >= 15 is 0 Å². The first kappa shape index (κ1) is 37.1. The number of hydrogen-bond donors (Lipinski definition) is 0. The molecular weight excluding hydrogens is 757 g/mol. The van der Waals surface area contributed by atoms with Gasteiger partial charge in [0.2, 0.25) is 0 Å². The van der Waals surface area contributed by atoms with E-state index in [0.29, 0.717) is 0 Å². The molecule has 0 saturated carbocycles. The summed E-state index contributed by atoms with van der Waals surface area (Å²) in [6.45, 7) is 14.7. The second-order valence-corrected chi connectivity index (χ2v) is 20.6. The van der Waals surface area contributed by atoms with Crippen LogP contribution in [-0.2, 0) is 16.2 Å². The molecule has 0 amide bonds. The van der Waals surface area contributed by atoms with E-state index < -0.39 is 0 Å². The Morgan fingerprint density at radius 1 is 0.317 bits per heavy atom. The molecule has 0 atom stereocenters. The summed E-state index contributed by atoms with van der Waals surface area (Å²) < 4.78 is 0. The Morgan fingerprint density at radius 3 is 1.56 bits per heavy atom. The zero-order valence-corrected chi connectivity index (χ0v) is 37.3. The molecule has 304 valence electrons. The molecule has 13 rings (SSSR count). The van der Waals surface area contributed by atoms with Gasteiger partial charge in [0, 0.05) is 16.2 Å². The summed E-state index contributed by atoms with van der Waals surface area (Å²) in [4.78, 5) is 0. The van der Waals surface area contributed by atoms with E-state index in [4.69, 9.17) is 0 Å². The van der Waals surface area contributed by atoms with Crippen LogP contribution in [0.15, 0.2) is 163 Å². The first-order valence-corrected chi connectivity index (χ1v) is 23.3. The number of rotatable bonds is 3. The van der Waals surface area contributed by atoms with Crippen molar-refractivity contribution >= 4 is 37.9 Å². The van der Waals surface area contributed by atoms with Crippen LogP contribution >= 0.6 is 0 Å². The molecule has 4 aliphatic rings. The van der Waals surface area contributed by atoms with Crippen molar-refractivity contribution in [2.75, 3.05) is 0 Å². The van der Waals surface area contributed by atoms with Gasteiger partial charge in [0.05, 0.1) is 0 Å². The van der Waals surface area contributed by atoms with Crippen molar-refractivity contribution in [3.63, 3.8) is 0 Å². The van der Waals surface area contributed by atoms with Gasteiger partial charge in [0.25, 0.3) is 0 Å². The summed E-state index contributed by atoms with van der Waals surface area (Å²) in [5, 5.41) is 7.89. The average Bonchev–Trinajstić information content (AvgIpc) is 3.78. The van der Waals surface area contributed by atoms with E-state index in [1.165, 1.54) is 147 Å². The van der Waals surface area contributed by atoms with Gasteiger partial charge in [-0.3, -0.25) is 0 Å². The Labute approximate surface area is 372 Å². The fourth-order valence-corrected chi connectivity index (χ4v) is 13.1. The van der Waals surface area contributed by atoms with Gasteiger partial charge < -0.3 is 0 Å². The topological polar surface area (TPSA) is 0 Å². The van der Waals surface area contributed by atoms with Crippen molar-refractivity contribution < 1.29 is 0 Å². The zero-order chi connectivity index (χ0) is 42.6. The Morgan fingerprint density at radius 2 is 0.810 bits per heavy atom. The standard InChI is InChI=1S/C63H52/c1-61(2)53-24-13-11-19-43(53)45-30-27-39(33-56(45)61)59-48-21-9-10-22-49(48)60(40-28-31-46-44-20-12-14-25-54(44)62(3,4)57(46)34-40)52-36-58-50(35-51(52)59)47-29-26-38(32-55(47)63(58,5)6)42-23-15-17-37-16-7-8-18-41(37)42/h7-10,12,14-18,20-23,25-36H,11,13,19,24H2,1-6H3. The van der Waals surface area contributed by atoms with Gasteiger partial charge in [-0.15, -0.1) is 0 Å². The minimum absolute atomic E-state index is 0.0352. The summed E-state index contributed by atoms with van der Waals surface area (Å²) in [5.74, 6) is 0. The SMILES string of the molecule is CC1(C)C2=C(CCCC2)c2ccc(-c3c4ccccc4c(-c4ccc5c(c4)C(C)(C)c4ccccc4-5)c4cc5c(cc34)-c3ccc(-c4cccc6ccccc46)cc3C5(C)C)cc21. The van der Waals surface area contributed by atoms with Crippen molar-refractivity contribution in [2.45, 2.75) is 83.5 Å². The highest BCUT2D eigenvalue weighted by Crippen LogP contribution is 2.57. The lowest BCUT2D eigenvalue weighted by Crippen LogP contribution is -2.18. The molecule has 63 heavy (non-hydrogen) atoms. The average molecular weight is 809 g/mol. The molecule has 9 aromatic rings. The highest BCUT2D eigenvalue weighted by Gasteiger charge is 2.40. The first-order valence-electron chi connectivity index (χ1n) is 23.3. The predicted octanol–water partition coefficient (Wildman–Crippen LogP) is 17.4. The van der Waals surface area contributed by atoms with Crippen molar-refractivity contribution in [2.24, 2.45) is 0 Å². The van der Waals surface area contributed by atoms with Crippen LogP contribution in [0.2, 0.25) is 0 Å². The summed E-state index contributed by atoms with van der Waals surface area (Å²) in [7, 11) is 0. The third kappa shape index (κ3) is 4.99. The molecule has 0 aromatic heterocycles. The normalized spacial score (nSPS) is 17.1. The Hall–Kier alpha value is -6.50. The molecule has 0 saturated heterocycles. The lowest BCUT2D eigenvalue weighted by atomic mass is 9.76. The molecule has 0 N–H and O–H groups in total. The second-order valence-electron chi connectivity index (χ2n) is 20.6. The maximum absolute atomic E-state index is 2.61. The fraction of sp³-hybridized carbons (Fsp3) is 0.206. The lowest BCUT2D eigenvalue weighted by Gasteiger charge is -2.27. The van der Waals surface area contributed by atoms with Crippen LogP contribution in [0.4, 0.5) is 0 Å². The van der Waals surface area contributed by atoms with Gasteiger partial charge in [-0.25, -0.2) is 0 Å². The molecule has 0 heteroatoms. The van der Waals surface area contributed by atoms with Crippen molar-refractivity contribution in [3.8, 4) is 55.6 Å². The van der Waals surface area contributed by atoms with Crippen LogP contribution in [-0.4, -0.2) is 0 Å². The Bertz CT molecular complexity index is 3520. The van der Waals surface area contributed by atoms with Gasteiger partial charge >= 0.3 is 0 Å². The van der Waals surface area contributed by atoms with Gasteiger partial charge in [-0.2, -0.15) is 0 Å². The van der Waals surface area contributed by atoms with E-state index in [-0.39, 0.29) is 16.2 Å². The minimum atomic E-state index is -0.202. The maximum Gasteiger partial charge on any atom is 0.0159 e. The molecule has 0 spiro atoms. The van der Waals surface area contributed by atoms with Gasteiger partial charge in [0.1, 0.15) is 0 Å². The van der Waals surface area contributed by atoms with Gasteiger partial charge in [-0.05, 0) is 183 Å². The second kappa shape index (κ2) is 12.8. The smallest absolute Gasteiger partial charge is 0.0159 e. The summed E-state index contributed by atoms with van der Waals surface area (Å²) in [6.07, 6.45) is 5.03. The molecule has 4 aliphatic carbocycles. The van der Waals surface area contributed by atoms with Crippen LogP contribution in [0.3, 0.4) is 0 Å². The largest absolute Gasteiger partial charge is 0.0619 e. The zero-order valence-electron chi connectivity index (χ0n) is 37.3. The van der Waals surface area contributed by atoms with Crippen LogP contribution in [0.5, 0.6) is 0 Å². The third-order valence-corrected chi connectivity index (χ3v) is 16.3. The van der Waals surface area contributed by atoms with Crippen LogP contribution in [0.1, 0.15) is 101 Å². The van der Waals surface area contributed by atoms with Crippen LogP contribution in [0.25, 0.3) is 93.5 Å². The monoisotopic (exact) mass is 808 g/mol. The Balaban J connectivity index is 1.09. The van der Waals surface area contributed by atoms with E-state index in [9.17, 15) is 0 Å². The molecule has 0 bridgehead atoms. The van der Waals surface area contributed by atoms with E-state index in [0.717, 1.165) is 0 Å². The predicted molar refractivity (Wildman–Crippen MR) is 269 cm³/mol. The highest BCUT2D eigenvalue weighted by molar-refractivity contribution is 6.23. The molecule has 0 fully saturated rings. The molecule has 0 heterocycles. The number of allylic oxidation sites excluding steroid dienone is 2. The summed E-state index contributed by atoms with van der Waals surface area (Å²) in [6, 6.07) is 61.2. The fourth-order valence-electron chi connectivity index (χ4n) is 13.1. The minimum Gasteiger partial charge on any atom is -0.0619 e. The molecule has 0 unspecified atom stereocenters. The molecule has 9 aromatic carbocycles. The maximum atomic E-state index is 2.61. The lowest BCUT2D eigenvalue weighted by molar-refractivity contribution is 0.574. The van der Waals surface area contributed by atoms with E-state index in [2.05, 4.69) is 199 Å². The van der Waals surface area contributed by atoms with Crippen molar-refractivity contribution in [1.82, 2.24) is 0 Å². The van der Waals surface area contributed by atoms with Gasteiger partial charge in [-0.1, -0.05) is 175 Å². The van der Waals surface area contributed by atoms with Crippen LogP contribution < -0.4 is 0 Å². The number of fused-ring (bicyclic) bond motifs is 11. The molecule has 0 radical (unpaired) electrons. The van der Waals surface area contributed by atoms with Crippen molar-refractivity contribution in [3.05, 3.63) is 197 Å². The van der Waals surface area contributed by atoms with E-state index in [1.54, 1.807) is 11.1 Å². The summed E-state index contributed by atoms with van der Waals surface area (Å²) >= 11 is 0.